The summed E-state index contributed by atoms with van der Waals surface area (Å²) in [6.45, 7) is 5.21. The first kappa shape index (κ1) is 17.9. The normalized spacial score (nSPS) is 24.3. The second kappa shape index (κ2) is 6.29. The number of amides is 1. The topological polar surface area (TPSA) is 59.0 Å². The molecule has 0 atom stereocenters. The van der Waals surface area contributed by atoms with E-state index in [0.717, 1.165) is 16.7 Å². The maximum atomic E-state index is 13.3. The van der Waals surface area contributed by atoms with Crippen LogP contribution in [0.1, 0.15) is 42.4 Å². The highest BCUT2D eigenvalue weighted by molar-refractivity contribution is 7.96. The molecule has 140 valence electrons. The third-order valence-corrected chi connectivity index (χ3v) is 6.91. The number of rotatable bonds is 2. The van der Waals surface area contributed by atoms with E-state index in [2.05, 4.69) is 0 Å². The van der Waals surface area contributed by atoms with Crippen molar-refractivity contribution in [3.05, 3.63) is 40.6 Å². The predicted molar refractivity (Wildman–Crippen MR) is 102 cm³/mol. The quantitative estimate of drug-likeness (QED) is 0.798. The van der Waals surface area contributed by atoms with Crippen molar-refractivity contribution in [1.82, 2.24) is 4.31 Å². The van der Waals surface area contributed by atoms with Crippen LogP contribution >= 0.6 is 11.9 Å². The summed E-state index contributed by atoms with van der Waals surface area (Å²) in [5, 5.41) is 11.3. The zero-order valence-electron chi connectivity index (χ0n) is 15.5. The Morgan fingerprint density at radius 2 is 1.65 bits per heavy atom. The van der Waals surface area contributed by atoms with Crippen molar-refractivity contribution in [2.45, 2.75) is 50.9 Å². The van der Waals surface area contributed by atoms with E-state index in [1.54, 1.807) is 4.31 Å². The Bertz CT molecular complexity index is 752. The Morgan fingerprint density at radius 3 is 2.19 bits per heavy atom. The summed E-state index contributed by atoms with van der Waals surface area (Å²) >= 11 is 1.39. The zero-order valence-corrected chi connectivity index (χ0v) is 16.3. The summed E-state index contributed by atoms with van der Waals surface area (Å²) in [7, 11) is 0. The van der Waals surface area contributed by atoms with Crippen molar-refractivity contribution in [2.24, 2.45) is 0 Å². The van der Waals surface area contributed by atoms with Gasteiger partial charge in [-0.05, 0) is 55.3 Å². The van der Waals surface area contributed by atoms with Gasteiger partial charge in [0.25, 0.3) is 5.91 Å². The van der Waals surface area contributed by atoms with Gasteiger partial charge in [-0.2, -0.15) is 0 Å². The second-order valence-electron chi connectivity index (χ2n) is 7.41. The minimum Gasteiger partial charge on any atom is -0.509 e. The van der Waals surface area contributed by atoms with Crippen LogP contribution in [0.15, 0.2) is 24.0 Å². The first-order chi connectivity index (χ1) is 12.4. The molecule has 0 bridgehead atoms. The van der Waals surface area contributed by atoms with Crippen LogP contribution in [0.25, 0.3) is 5.57 Å². The average molecular weight is 375 g/mol. The van der Waals surface area contributed by atoms with Gasteiger partial charge in [-0.25, -0.2) is 0 Å². The smallest absolute Gasteiger partial charge is 0.268 e. The van der Waals surface area contributed by atoms with Crippen molar-refractivity contribution in [2.75, 3.05) is 19.5 Å². The van der Waals surface area contributed by atoms with Crippen LogP contribution in [-0.4, -0.2) is 46.1 Å². The molecule has 1 aliphatic carbocycles. The molecule has 0 unspecified atom stereocenters. The first-order valence-corrected chi connectivity index (χ1v) is 10.3. The maximum absolute atomic E-state index is 13.3. The van der Waals surface area contributed by atoms with Crippen LogP contribution in [-0.2, 0) is 14.3 Å². The minimum absolute atomic E-state index is 0.100. The highest BCUT2D eigenvalue weighted by Crippen LogP contribution is 2.53. The van der Waals surface area contributed by atoms with Crippen LogP contribution < -0.4 is 0 Å². The monoisotopic (exact) mass is 375 g/mol. The number of aliphatic hydroxyl groups excluding tert-OH is 1. The highest BCUT2D eigenvalue weighted by atomic mass is 32.2. The Morgan fingerprint density at radius 1 is 1.08 bits per heavy atom. The molecule has 1 amide bonds. The fraction of sp³-hybridized carbons (Fsp3) is 0.550. The van der Waals surface area contributed by atoms with E-state index in [9.17, 15) is 9.90 Å². The lowest BCUT2D eigenvalue weighted by molar-refractivity contribution is -0.188. The van der Waals surface area contributed by atoms with Crippen LogP contribution in [0, 0.1) is 13.8 Å². The molecule has 4 rings (SSSR count). The molecule has 3 aliphatic rings. The molecule has 0 radical (unpaired) electrons. The summed E-state index contributed by atoms with van der Waals surface area (Å²) in [6, 6.07) is 5.95. The number of benzene rings is 1. The van der Waals surface area contributed by atoms with Gasteiger partial charge in [0, 0.05) is 19.1 Å². The Balaban J connectivity index is 1.77. The lowest BCUT2D eigenvalue weighted by Crippen LogP contribution is -2.51. The second-order valence-corrected chi connectivity index (χ2v) is 8.14. The molecule has 5 nitrogen and oxygen atoms in total. The molecule has 1 aromatic carbocycles. The largest absolute Gasteiger partial charge is 0.509 e. The molecular weight excluding hydrogens is 350 g/mol. The average Bonchev–Trinajstić information content (AvgIpc) is 3.15. The lowest BCUT2D eigenvalue weighted by atomic mass is 9.77. The van der Waals surface area contributed by atoms with E-state index in [0.29, 0.717) is 44.5 Å². The summed E-state index contributed by atoms with van der Waals surface area (Å²) in [5.41, 5.74) is 2.67. The third kappa shape index (κ3) is 2.42. The molecule has 0 aromatic heterocycles. The summed E-state index contributed by atoms with van der Waals surface area (Å²) in [5.74, 6) is -0.418. The summed E-state index contributed by atoms with van der Waals surface area (Å²) < 4.78 is 13.4. The fourth-order valence-corrected chi connectivity index (χ4v) is 5.56. The molecule has 1 N–H and O–H groups in total. The number of aryl methyl sites for hydroxylation is 2. The van der Waals surface area contributed by atoms with Crippen molar-refractivity contribution in [1.29, 1.82) is 0 Å². The lowest BCUT2D eigenvalue weighted by Gasteiger charge is -2.45. The molecule has 6 heteroatoms. The van der Waals surface area contributed by atoms with Crippen LogP contribution in [0.2, 0.25) is 0 Å². The van der Waals surface area contributed by atoms with E-state index >= 15 is 0 Å². The highest BCUT2D eigenvalue weighted by Gasteiger charge is 2.57. The fourth-order valence-electron chi connectivity index (χ4n) is 4.69. The van der Waals surface area contributed by atoms with Crippen molar-refractivity contribution in [3.8, 4) is 0 Å². The van der Waals surface area contributed by atoms with Gasteiger partial charge in [0.2, 0.25) is 0 Å². The maximum Gasteiger partial charge on any atom is 0.268 e. The van der Waals surface area contributed by atoms with E-state index < -0.39 is 11.3 Å². The summed E-state index contributed by atoms with van der Waals surface area (Å²) in [4.78, 5) is 13.3. The first-order valence-electron chi connectivity index (χ1n) is 9.11. The minimum atomic E-state index is -0.666. The van der Waals surface area contributed by atoms with Gasteiger partial charge in [0.1, 0.15) is 11.3 Å². The molecule has 2 fully saturated rings. The van der Waals surface area contributed by atoms with E-state index in [1.807, 2.05) is 38.3 Å². The Hall–Kier alpha value is -1.50. The van der Waals surface area contributed by atoms with Gasteiger partial charge in [0.15, 0.2) is 5.79 Å². The number of carbonyl (C=O) groups excluding carboxylic acids is 1. The van der Waals surface area contributed by atoms with Gasteiger partial charge in [-0.1, -0.05) is 18.2 Å². The molecule has 26 heavy (non-hydrogen) atoms. The molecule has 2 aliphatic heterocycles. The van der Waals surface area contributed by atoms with Gasteiger partial charge in [-0.3, -0.25) is 9.10 Å². The zero-order chi connectivity index (χ0) is 18.5. The Labute approximate surface area is 158 Å². The number of carbonyl (C=O) groups is 1. The summed E-state index contributed by atoms with van der Waals surface area (Å²) in [6.07, 6.45) is 4.54. The van der Waals surface area contributed by atoms with Crippen LogP contribution in [0.4, 0.5) is 0 Å². The molecule has 1 saturated heterocycles. The number of nitrogens with zero attached hydrogens (tertiary/aromatic N) is 1. The number of aliphatic hydroxyl groups is 1. The number of hydrogen-bond acceptors (Lipinski definition) is 5. The van der Waals surface area contributed by atoms with E-state index in [1.165, 1.54) is 11.9 Å². The van der Waals surface area contributed by atoms with Gasteiger partial charge in [0.05, 0.1) is 18.8 Å². The number of hydrogen-bond donors (Lipinski definition) is 1. The van der Waals surface area contributed by atoms with Crippen molar-refractivity contribution in [3.63, 3.8) is 0 Å². The van der Waals surface area contributed by atoms with Crippen molar-refractivity contribution >= 4 is 23.4 Å². The predicted octanol–water partition coefficient (Wildman–Crippen LogP) is 3.75. The number of ether oxygens (including phenoxy) is 2. The molecule has 2 spiro atoms. The third-order valence-electron chi connectivity index (χ3n) is 6.03. The van der Waals surface area contributed by atoms with Crippen LogP contribution in [0.3, 0.4) is 0 Å². The SMILES string of the molecule is CSN1C(=O)C(c2c(C)cccc2C)=C(O)C12CCC1(CC2)OCCO1. The van der Waals surface area contributed by atoms with E-state index in [-0.39, 0.29) is 11.7 Å². The van der Waals surface area contributed by atoms with Gasteiger partial charge >= 0.3 is 0 Å². The van der Waals surface area contributed by atoms with Crippen molar-refractivity contribution < 1.29 is 19.4 Å². The Kier molecular flexibility index (Phi) is 4.33. The standard InChI is InChI=1S/C20H25NO4S/c1-13-5-4-6-14(2)15(13)16-17(22)19(21(26-3)18(16)23)7-9-20(10-8-19)24-11-12-25-20/h4-6,22H,7-12H2,1-3H3. The van der Waals surface area contributed by atoms with E-state index in [4.69, 9.17) is 9.47 Å². The molecule has 1 saturated carbocycles. The molecule has 2 heterocycles. The van der Waals surface area contributed by atoms with Gasteiger partial charge in [-0.15, -0.1) is 0 Å². The van der Waals surface area contributed by atoms with Crippen LogP contribution in [0.5, 0.6) is 0 Å². The molecule has 1 aromatic rings. The molecular formula is C20H25NO4S. The van der Waals surface area contributed by atoms with Gasteiger partial charge < -0.3 is 14.6 Å².